The summed E-state index contributed by atoms with van der Waals surface area (Å²) in [6.45, 7) is 1.93. The lowest BCUT2D eigenvalue weighted by Gasteiger charge is -2.15. The van der Waals surface area contributed by atoms with Crippen molar-refractivity contribution in [2.24, 2.45) is 5.73 Å². The Morgan fingerprint density at radius 1 is 1.21 bits per heavy atom. The second-order valence-electron chi connectivity index (χ2n) is 8.33. The van der Waals surface area contributed by atoms with Gasteiger partial charge in [0.2, 0.25) is 0 Å². The molecule has 28 heavy (non-hydrogen) atoms. The van der Waals surface area contributed by atoms with Crippen LogP contribution < -0.4 is 5.73 Å². The zero-order valence-electron chi connectivity index (χ0n) is 16.7. The maximum Gasteiger partial charge on any atom is 0.132 e. The molecule has 4 rings (SSSR count). The maximum atomic E-state index is 11.3. The molecule has 1 saturated carbocycles. The van der Waals surface area contributed by atoms with Crippen LogP contribution in [0.5, 0.6) is 0 Å². The summed E-state index contributed by atoms with van der Waals surface area (Å²) >= 11 is 0. The third kappa shape index (κ3) is 4.33. The van der Waals surface area contributed by atoms with Gasteiger partial charge < -0.3 is 10.7 Å². The molecule has 2 aromatic rings. The van der Waals surface area contributed by atoms with Crippen LogP contribution in [0.25, 0.3) is 11.3 Å². The number of halogens is 1. The minimum Gasteiger partial charge on any atom is -0.341 e. The predicted octanol–water partition coefficient (Wildman–Crippen LogP) is 5.79. The summed E-state index contributed by atoms with van der Waals surface area (Å²) < 4.78 is 0. The van der Waals surface area contributed by atoms with Gasteiger partial charge in [-0.1, -0.05) is 31.9 Å². The van der Waals surface area contributed by atoms with E-state index in [-0.39, 0.29) is 18.4 Å². The largest absolute Gasteiger partial charge is 0.341 e. The quantitative estimate of drug-likeness (QED) is 0.522. The summed E-state index contributed by atoms with van der Waals surface area (Å²) in [5.41, 5.74) is 11.8. The number of nitrogens with one attached hydrogen (secondary N) is 1. The summed E-state index contributed by atoms with van der Waals surface area (Å²) in [4.78, 5) is 19.3. The summed E-state index contributed by atoms with van der Waals surface area (Å²) in [5, 5.41) is 0. The van der Waals surface area contributed by atoms with Gasteiger partial charge >= 0.3 is 0 Å². The van der Waals surface area contributed by atoms with Crippen LogP contribution in [0.15, 0.2) is 24.4 Å². The van der Waals surface area contributed by atoms with E-state index in [2.05, 4.69) is 28.2 Å². The monoisotopic (exact) mass is 401 g/mol. The smallest absolute Gasteiger partial charge is 0.132 e. The normalized spacial score (nSPS) is 20.6. The third-order valence-electron chi connectivity index (χ3n) is 6.52. The Hall–Kier alpha value is -1.65. The van der Waals surface area contributed by atoms with Crippen LogP contribution in [0.4, 0.5) is 0 Å². The number of Topliss-reactive ketones (excluding diaryl/α,β-unsaturated/α-hetero) is 1. The highest BCUT2D eigenvalue weighted by atomic mass is 35.5. The number of ketones is 1. The van der Waals surface area contributed by atoms with Crippen molar-refractivity contribution in [2.45, 2.75) is 82.6 Å². The first-order chi connectivity index (χ1) is 13.2. The molecule has 2 aliphatic carbocycles. The van der Waals surface area contributed by atoms with Crippen LogP contribution in [0.2, 0.25) is 0 Å². The average molecular weight is 402 g/mol. The molecule has 3 atom stereocenters. The maximum absolute atomic E-state index is 11.3. The molecule has 5 heteroatoms. The van der Waals surface area contributed by atoms with Gasteiger partial charge in [-0.2, -0.15) is 0 Å². The molecule has 0 aliphatic heterocycles. The fraction of sp³-hybridized carbons (Fsp3) is 0.565. The van der Waals surface area contributed by atoms with Gasteiger partial charge in [0.1, 0.15) is 11.6 Å². The van der Waals surface area contributed by atoms with Crippen molar-refractivity contribution in [2.75, 3.05) is 0 Å². The molecule has 1 heterocycles. The zero-order valence-corrected chi connectivity index (χ0v) is 17.6. The van der Waals surface area contributed by atoms with Gasteiger partial charge in [0, 0.05) is 12.8 Å². The van der Waals surface area contributed by atoms with Crippen LogP contribution in [0.3, 0.4) is 0 Å². The van der Waals surface area contributed by atoms with E-state index in [0.717, 1.165) is 49.0 Å². The van der Waals surface area contributed by atoms with Crippen LogP contribution in [0, 0.1) is 0 Å². The molecule has 0 unspecified atom stereocenters. The summed E-state index contributed by atoms with van der Waals surface area (Å²) in [5.74, 6) is 2.81. The van der Waals surface area contributed by atoms with Gasteiger partial charge in [-0.25, -0.2) is 4.98 Å². The van der Waals surface area contributed by atoms with E-state index in [0.29, 0.717) is 18.6 Å². The number of carbonyl (C=O) groups excluding carboxylic acids is 1. The molecule has 0 saturated heterocycles. The Morgan fingerprint density at radius 3 is 2.79 bits per heavy atom. The molecule has 1 aromatic carbocycles. The molecule has 0 radical (unpaired) electrons. The highest BCUT2D eigenvalue weighted by Crippen LogP contribution is 2.53. The van der Waals surface area contributed by atoms with E-state index in [1.54, 1.807) is 11.1 Å². The predicted molar refractivity (Wildman–Crippen MR) is 116 cm³/mol. The number of benzene rings is 1. The number of unbranched alkanes of at least 4 members (excludes halogenated alkanes) is 2. The number of hydrogen-bond donors (Lipinski definition) is 2. The number of hydrogen-bond acceptors (Lipinski definition) is 3. The first-order valence-corrected chi connectivity index (χ1v) is 10.6. The molecular formula is C23H32ClN3O. The van der Waals surface area contributed by atoms with Crippen molar-refractivity contribution >= 4 is 18.2 Å². The number of H-pyrrole nitrogens is 1. The van der Waals surface area contributed by atoms with Gasteiger partial charge in [-0.05, 0) is 66.7 Å². The van der Waals surface area contributed by atoms with E-state index >= 15 is 0 Å². The van der Waals surface area contributed by atoms with E-state index < -0.39 is 0 Å². The van der Waals surface area contributed by atoms with Gasteiger partial charge in [-0.15, -0.1) is 12.4 Å². The lowest BCUT2D eigenvalue weighted by atomic mass is 9.90. The highest BCUT2D eigenvalue weighted by Gasteiger charge is 2.36. The number of nitrogens with two attached hydrogens (primary N) is 1. The Labute approximate surface area is 174 Å². The van der Waals surface area contributed by atoms with Gasteiger partial charge in [0.15, 0.2) is 0 Å². The topological polar surface area (TPSA) is 71.8 Å². The first-order valence-electron chi connectivity index (χ1n) is 10.6. The van der Waals surface area contributed by atoms with Crippen LogP contribution >= 0.6 is 12.4 Å². The molecule has 1 aromatic heterocycles. The van der Waals surface area contributed by atoms with Gasteiger partial charge in [-0.3, -0.25) is 4.79 Å². The first kappa shape index (κ1) is 21.1. The second-order valence-corrected chi connectivity index (χ2v) is 8.33. The van der Waals surface area contributed by atoms with Crippen LogP contribution in [0.1, 0.15) is 99.5 Å². The van der Waals surface area contributed by atoms with E-state index in [1.165, 1.54) is 24.8 Å². The third-order valence-corrected chi connectivity index (χ3v) is 6.52. The number of rotatable bonds is 9. The number of aromatic nitrogens is 2. The van der Waals surface area contributed by atoms with Gasteiger partial charge in [0.05, 0.1) is 17.9 Å². The number of imidazole rings is 1. The number of nitrogens with zero attached hydrogens (tertiary/aromatic N) is 1. The Bertz CT molecular complexity index is 816. The number of aromatic amines is 1. The molecular weight excluding hydrogens is 370 g/mol. The summed E-state index contributed by atoms with van der Waals surface area (Å²) in [6.07, 6.45) is 11.3. The molecule has 2 aliphatic rings. The zero-order chi connectivity index (χ0) is 18.8. The van der Waals surface area contributed by atoms with Crippen LogP contribution in [-0.2, 0) is 4.79 Å². The fourth-order valence-electron chi connectivity index (χ4n) is 4.86. The lowest BCUT2D eigenvalue weighted by Crippen LogP contribution is -2.12. The molecule has 4 nitrogen and oxygen atoms in total. The molecule has 3 N–H and O–H groups in total. The Balaban J connectivity index is 0.00000225. The molecule has 0 amide bonds. The standard InChI is InChI=1S/C23H31N3O.ClH/c1-2-18(27)6-4-3-5-7-21(24)23-25-14-22(26-23)17-10-11-19-15-8-9-16(12-15)20(19)13-17;/h10-11,13-16,21H,2-9,12,24H2,1H3,(H,25,26);1H/t15-,16+,21+;/m1./s1. The second kappa shape index (κ2) is 9.23. The lowest BCUT2D eigenvalue weighted by molar-refractivity contribution is -0.118. The van der Waals surface area contributed by atoms with Crippen LogP contribution in [-0.4, -0.2) is 15.8 Å². The van der Waals surface area contributed by atoms with Crippen molar-refractivity contribution in [1.82, 2.24) is 9.97 Å². The van der Waals surface area contributed by atoms with E-state index in [4.69, 9.17) is 5.73 Å². The fourth-order valence-corrected chi connectivity index (χ4v) is 4.86. The minimum atomic E-state index is -0.0638. The van der Waals surface area contributed by atoms with E-state index in [9.17, 15) is 4.79 Å². The summed E-state index contributed by atoms with van der Waals surface area (Å²) in [7, 11) is 0. The van der Waals surface area contributed by atoms with Crippen molar-refractivity contribution in [3.05, 3.63) is 41.3 Å². The van der Waals surface area contributed by atoms with Crippen molar-refractivity contribution in [1.29, 1.82) is 0 Å². The molecule has 2 bridgehead atoms. The number of carbonyl (C=O) groups is 1. The van der Waals surface area contributed by atoms with Gasteiger partial charge in [0.25, 0.3) is 0 Å². The average Bonchev–Trinajstić information content (AvgIpc) is 3.43. The molecule has 1 fully saturated rings. The van der Waals surface area contributed by atoms with Crippen molar-refractivity contribution < 1.29 is 4.79 Å². The minimum absolute atomic E-state index is 0. The Morgan fingerprint density at radius 2 is 2.00 bits per heavy atom. The van der Waals surface area contributed by atoms with E-state index in [1.807, 2.05) is 13.1 Å². The highest BCUT2D eigenvalue weighted by molar-refractivity contribution is 5.85. The Kier molecular flexibility index (Phi) is 6.95. The van der Waals surface area contributed by atoms with Crippen molar-refractivity contribution in [3.8, 4) is 11.3 Å². The summed E-state index contributed by atoms with van der Waals surface area (Å²) in [6, 6.07) is 6.86. The molecule has 152 valence electrons. The number of fused-ring (bicyclic) bond motifs is 5. The SMILES string of the molecule is CCC(=O)CCCCC[C@H](N)c1ncc(-c2ccc3c(c2)[C@H]2CC[C@@H]3C2)[nH]1.Cl. The molecule has 0 spiro atoms. The van der Waals surface area contributed by atoms with Crippen molar-refractivity contribution in [3.63, 3.8) is 0 Å².